The zero-order valence-electron chi connectivity index (χ0n) is 11.3. The molecule has 0 aliphatic heterocycles. The summed E-state index contributed by atoms with van der Waals surface area (Å²) in [5, 5.41) is 3.39. The van der Waals surface area contributed by atoms with E-state index >= 15 is 0 Å². The van der Waals surface area contributed by atoms with Crippen molar-refractivity contribution in [2.24, 2.45) is 5.92 Å². The summed E-state index contributed by atoms with van der Waals surface area (Å²) in [5.41, 5.74) is 0. The number of halogens is 1. The molecule has 18 heavy (non-hydrogen) atoms. The van der Waals surface area contributed by atoms with Crippen molar-refractivity contribution in [3.05, 3.63) is 22.7 Å². The van der Waals surface area contributed by atoms with Gasteiger partial charge in [0.2, 0.25) is 0 Å². The Morgan fingerprint density at radius 1 is 1.33 bits per heavy atom. The second-order valence-electron chi connectivity index (χ2n) is 4.57. The Kier molecular flexibility index (Phi) is 7.13. The Hall–Kier alpha value is -0.740. The highest BCUT2D eigenvalue weighted by molar-refractivity contribution is 9.10. The van der Waals surface area contributed by atoms with Gasteiger partial charge in [-0.15, -0.1) is 0 Å². The second-order valence-corrected chi connectivity index (χ2v) is 5.43. The van der Waals surface area contributed by atoms with E-state index in [1.165, 1.54) is 0 Å². The molecule has 1 rings (SSSR count). The molecule has 3 nitrogen and oxygen atoms in total. The molecule has 0 spiro atoms. The molecular formula is C14H22BrNO2. The van der Waals surface area contributed by atoms with Crippen LogP contribution in [0, 0.1) is 5.92 Å². The molecule has 0 bridgehead atoms. The molecule has 0 heterocycles. The van der Waals surface area contributed by atoms with E-state index in [-0.39, 0.29) is 0 Å². The lowest BCUT2D eigenvalue weighted by atomic mass is 10.2. The van der Waals surface area contributed by atoms with Crippen molar-refractivity contribution in [1.29, 1.82) is 0 Å². The number of nitrogens with one attached hydrogen (secondary N) is 1. The molecular weight excluding hydrogens is 294 g/mol. The first-order valence-electron chi connectivity index (χ1n) is 6.31. The lowest BCUT2D eigenvalue weighted by Gasteiger charge is -2.12. The van der Waals surface area contributed by atoms with Crippen LogP contribution >= 0.6 is 15.9 Å². The molecule has 4 heteroatoms. The van der Waals surface area contributed by atoms with Gasteiger partial charge in [-0.05, 0) is 53.5 Å². The van der Waals surface area contributed by atoms with Crippen LogP contribution in [0.4, 0.5) is 0 Å². The largest absolute Gasteiger partial charge is 0.493 e. The van der Waals surface area contributed by atoms with E-state index in [0.29, 0.717) is 12.5 Å². The zero-order valence-corrected chi connectivity index (χ0v) is 12.9. The predicted octanol–water partition coefficient (Wildman–Crippen LogP) is 3.47. The topological polar surface area (TPSA) is 30.5 Å². The fourth-order valence-corrected chi connectivity index (χ4v) is 2.01. The summed E-state index contributed by atoms with van der Waals surface area (Å²) in [4.78, 5) is 0. The van der Waals surface area contributed by atoms with Crippen LogP contribution in [0.3, 0.4) is 0 Å². The molecule has 0 amide bonds. The van der Waals surface area contributed by atoms with Crippen LogP contribution in [0.25, 0.3) is 0 Å². The maximum atomic E-state index is 5.75. The Balaban J connectivity index is 2.31. The van der Waals surface area contributed by atoms with Crippen LogP contribution in [0.15, 0.2) is 22.7 Å². The molecule has 0 aromatic heterocycles. The van der Waals surface area contributed by atoms with E-state index < -0.39 is 0 Å². The van der Waals surface area contributed by atoms with Gasteiger partial charge >= 0.3 is 0 Å². The van der Waals surface area contributed by atoms with Gasteiger partial charge in [0.25, 0.3) is 0 Å². The lowest BCUT2D eigenvalue weighted by molar-refractivity contribution is 0.285. The summed E-state index contributed by atoms with van der Waals surface area (Å²) < 4.78 is 11.9. The smallest absolute Gasteiger partial charge is 0.175 e. The maximum Gasteiger partial charge on any atom is 0.175 e. The number of benzene rings is 1. The molecule has 1 aromatic rings. The molecule has 1 aromatic carbocycles. The van der Waals surface area contributed by atoms with Gasteiger partial charge in [-0.1, -0.05) is 19.9 Å². The third-order valence-corrected chi connectivity index (χ3v) is 3.07. The van der Waals surface area contributed by atoms with Crippen LogP contribution < -0.4 is 14.8 Å². The number of methoxy groups -OCH3 is 1. The summed E-state index contributed by atoms with van der Waals surface area (Å²) in [6, 6.07) is 5.78. The van der Waals surface area contributed by atoms with Crippen LogP contribution in [-0.4, -0.2) is 26.8 Å². The quantitative estimate of drug-likeness (QED) is 0.745. The van der Waals surface area contributed by atoms with E-state index in [4.69, 9.17) is 9.47 Å². The summed E-state index contributed by atoms with van der Waals surface area (Å²) >= 11 is 3.47. The third-order valence-electron chi connectivity index (χ3n) is 2.45. The average Bonchev–Trinajstić information content (AvgIpc) is 2.34. The lowest BCUT2D eigenvalue weighted by Crippen LogP contribution is -2.22. The maximum absolute atomic E-state index is 5.75. The first-order chi connectivity index (χ1) is 8.65. The van der Waals surface area contributed by atoms with Crippen LogP contribution in [0.1, 0.15) is 20.3 Å². The molecule has 0 unspecified atom stereocenters. The fraction of sp³-hybridized carbons (Fsp3) is 0.571. The van der Waals surface area contributed by atoms with Crippen LogP contribution in [0.5, 0.6) is 11.5 Å². The SMILES string of the molecule is COc1cccc(Br)c1OCCCNCC(C)C. The van der Waals surface area contributed by atoms with Crippen molar-refractivity contribution in [2.45, 2.75) is 20.3 Å². The normalized spacial score (nSPS) is 10.7. The van der Waals surface area contributed by atoms with Crippen LogP contribution in [0.2, 0.25) is 0 Å². The minimum atomic E-state index is 0.685. The van der Waals surface area contributed by atoms with Gasteiger partial charge in [0.1, 0.15) is 0 Å². The Morgan fingerprint density at radius 3 is 2.78 bits per heavy atom. The minimum Gasteiger partial charge on any atom is -0.493 e. The van der Waals surface area contributed by atoms with E-state index in [9.17, 15) is 0 Å². The number of hydrogen-bond acceptors (Lipinski definition) is 3. The Bertz CT molecular complexity index is 356. The highest BCUT2D eigenvalue weighted by atomic mass is 79.9. The number of para-hydroxylation sites is 1. The number of hydrogen-bond donors (Lipinski definition) is 1. The van der Waals surface area contributed by atoms with Gasteiger partial charge in [-0.25, -0.2) is 0 Å². The molecule has 0 atom stereocenters. The summed E-state index contributed by atoms with van der Waals surface area (Å²) in [6.45, 7) is 7.12. The monoisotopic (exact) mass is 315 g/mol. The third kappa shape index (κ3) is 5.27. The average molecular weight is 316 g/mol. The Labute approximate surface area is 118 Å². The fourth-order valence-electron chi connectivity index (χ4n) is 1.55. The molecule has 0 aliphatic carbocycles. The zero-order chi connectivity index (χ0) is 13.4. The number of ether oxygens (including phenoxy) is 2. The summed E-state index contributed by atoms with van der Waals surface area (Å²) in [7, 11) is 1.65. The van der Waals surface area contributed by atoms with Crippen molar-refractivity contribution in [2.75, 3.05) is 26.8 Å². The highest BCUT2D eigenvalue weighted by Crippen LogP contribution is 2.34. The molecule has 102 valence electrons. The van der Waals surface area contributed by atoms with Crippen molar-refractivity contribution in [1.82, 2.24) is 5.32 Å². The van der Waals surface area contributed by atoms with Crippen molar-refractivity contribution in [3.8, 4) is 11.5 Å². The molecule has 0 fully saturated rings. The Morgan fingerprint density at radius 2 is 2.11 bits per heavy atom. The van der Waals surface area contributed by atoms with Gasteiger partial charge in [0.15, 0.2) is 11.5 Å². The van der Waals surface area contributed by atoms with Gasteiger partial charge in [0.05, 0.1) is 18.2 Å². The first kappa shape index (κ1) is 15.3. The van der Waals surface area contributed by atoms with Gasteiger partial charge < -0.3 is 14.8 Å². The number of rotatable bonds is 8. The molecule has 0 saturated carbocycles. The second kappa shape index (κ2) is 8.38. The van der Waals surface area contributed by atoms with Crippen molar-refractivity contribution in [3.63, 3.8) is 0 Å². The van der Waals surface area contributed by atoms with E-state index in [0.717, 1.165) is 35.5 Å². The molecule has 1 N–H and O–H groups in total. The summed E-state index contributed by atoms with van der Waals surface area (Å²) in [5.74, 6) is 2.23. The minimum absolute atomic E-state index is 0.685. The molecule has 0 radical (unpaired) electrons. The molecule has 0 aliphatic rings. The van der Waals surface area contributed by atoms with E-state index in [2.05, 4.69) is 35.1 Å². The van der Waals surface area contributed by atoms with Gasteiger partial charge in [-0.2, -0.15) is 0 Å². The standard InChI is InChI=1S/C14H22BrNO2/c1-11(2)10-16-8-5-9-18-14-12(15)6-4-7-13(14)17-3/h4,6-7,11,16H,5,8-10H2,1-3H3. The van der Waals surface area contributed by atoms with E-state index in [1.54, 1.807) is 7.11 Å². The van der Waals surface area contributed by atoms with Crippen LogP contribution in [-0.2, 0) is 0 Å². The summed E-state index contributed by atoms with van der Waals surface area (Å²) in [6.07, 6.45) is 0.983. The van der Waals surface area contributed by atoms with Gasteiger partial charge in [-0.3, -0.25) is 0 Å². The van der Waals surface area contributed by atoms with Crippen molar-refractivity contribution < 1.29 is 9.47 Å². The van der Waals surface area contributed by atoms with Gasteiger partial charge in [0, 0.05) is 0 Å². The predicted molar refractivity (Wildman–Crippen MR) is 78.5 cm³/mol. The van der Waals surface area contributed by atoms with Crippen molar-refractivity contribution >= 4 is 15.9 Å². The molecule has 0 saturated heterocycles. The highest BCUT2D eigenvalue weighted by Gasteiger charge is 2.07. The van der Waals surface area contributed by atoms with E-state index in [1.807, 2.05) is 18.2 Å². The first-order valence-corrected chi connectivity index (χ1v) is 7.10.